The van der Waals surface area contributed by atoms with E-state index in [1.54, 1.807) is 0 Å². The van der Waals surface area contributed by atoms with Crippen molar-refractivity contribution in [1.29, 1.82) is 0 Å². The van der Waals surface area contributed by atoms with E-state index in [2.05, 4.69) is 15.5 Å². The maximum absolute atomic E-state index is 12.9. The molecule has 1 heterocycles. The highest BCUT2D eigenvalue weighted by atomic mass is 35.5. The van der Waals surface area contributed by atoms with Crippen LogP contribution in [0.4, 0.5) is 8.78 Å². The van der Waals surface area contributed by atoms with E-state index in [1.807, 2.05) is 0 Å². The van der Waals surface area contributed by atoms with E-state index in [0.717, 1.165) is 17.4 Å². The largest absolute Gasteiger partial charge is 0.350 e. The average Bonchev–Trinajstić information content (AvgIpc) is 2.74. The second-order valence-corrected chi connectivity index (χ2v) is 5.20. The lowest BCUT2D eigenvalue weighted by molar-refractivity contribution is 0.0953. The molecule has 1 amide bonds. The van der Waals surface area contributed by atoms with Crippen LogP contribution in [0.3, 0.4) is 0 Å². The Morgan fingerprint density at radius 2 is 1.95 bits per heavy atom. The van der Waals surface area contributed by atoms with Crippen LogP contribution >= 0.6 is 22.9 Å². The summed E-state index contributed by atoms with van der Waals surface area (Å²) in [6.07, 6.45) is 0.312. The fourth-order valence-corrected chi connectivity index (χ4v) is 2.19. The zero-order valence-corrected chi connectivity index (χ0v) is 11.1. The van der Waals surface area contributed by atoms with E-state index >= 15 is 0 Å². The van der Waals surface area contributed by atoms with Gasteiger partial charge in [-0.15, -0.1) is 10.2 Å². The fraction of sp³-hybridized carbons (Fsp3) is 0.182. The molecule has 8 heteroatoms. The molecule has 2 aromatic rings. The fourth-order valence-electron chi connectivity index (χ4n) is 1.45. The lowest BCUT2D eigenvalue weighted by Gasteiger charge is -2.03. The first-order valence-corrected chi connectivity index (χ1v) is 6.46. The van der Waals surface area contributed by atoms with Crippen LogP contribution in [0.15, 0.2) is 18.2 Å². The first kappa shape index (κ1) is 13.8. The van der Waals surface area contributed by atoms with Gasteiger partial charge < -0.3 is 5.32 Å². The van der Waals surface area contributed by atoms with Gasteiger partial charge in [-0.1, -0.05) is 11.3 Å². The molecule has 0 fully saturated rings. The van der Waals surface area contributed by atoms with Gasteiger partial charge in [0.15, 0.2) is 0 Å². The molecule has 4 nitrogen and oxygen atoms in total. The first-order valence-electron chi connectivity index (χ1n) is 5.27. The molecule has 0 saturated carbocycles. The summed E-state index contributed by atoms with van der Waals surface area (Å²) in [6.45, 7) is 0.235. The van der Waals surface area contributed by atoms with Crippen LogP contribution < -0.4 is 5.32 Å². The summed E-state index contributed by atoms with van der Waals surface area (Å²) in [4.78, 5) is 11.6. The Morgan fingerprint density at radius 1 is 1.26 bits per heavy atom. The number of hydrogen-bond acceptors (Lipinski definition) is 4. The lowest BCUT2D eigenvalue weighted by atomic mass is 10.1. The van der Waals surface area contributed by atoms with E-state index in [1.165, 1.54) is 12.1 Å². The Bertz CT molecular complexity index is 585. The summed E-state index contributed by atoms with van der Waals surface area (Å²) < 4.78 is 26.0. The molecule has 0 aliphatic heterocycles. The quantitative estimate of drug-likeness (QED) is 0.944. The van der Waals surface area contributed by atoms with Crippen molar-refractivity contribution >= 4 is 28.8 Å². The molecule has 0 unspecified atom stereocenters. The number of halogens is 3. The lowest BCUT2D eigenvalue weighted by Crippen LogP contribution is -2.25. The van der Waals surface area contributed by atoms with Gasteiger partial charge >= 0.3 is 0 Å². The van der Waals surface area contributed by atoms with Crippen molar-refractivity contribution in [2.24, 2.45) is 0 Å². The van der Waals surface area contributed by atoms with Crippen LogP contribution in [0.2, 0.25) is 4.47 Å². The molecule has 1 N–H and O–H groups in total. The topological polar surface area (TPSA) is 54.9 Å². The van der Waals surface area contributed by atoms with Gasteiger partial charge in [0.1, 0.15) is 11.6 Å². The van der Waals surface area contributed by atoms with Gasteiger partial charge in [-0.25, -0.2) is 8.78 Å². The summed E-state index contributed by atoms with van der Waals surface area (Å²) in [5.41, 5.74) is 0.466. The van der Waals surface area contributed by atoms with Crippen molar-refractivity contribution in [2.45, 2.75) is 6.42 Å². The maximum atomic E-state index is 12.9. The summed E-state index contributed by atoms with van der Waals surface area (Å²) in [7, 11) is 0. The highest BCUT2D eigenvalue weighted by molar-refractivity contribution is 7.17. The molecule has 0 bridgehead atoms. The summed E-state index contributed by atoms with van der Waals surface area (Å²) in [6, 6.07) is 3.24. The summed E-state index contributed by atoms with van der Waals surface area (Å²) >= 11 is 6.51. The molecule has 1 aromatic heterocycles. The van der Waals surface area contributed by atoms with Crippen molar-refractivity contribution in [1.82, 2.24) is 15.5 Å². The number of aromatic nitrogens is 2. The highest BCUT2D eigenvalue weighted by Gasteiger charge is 2.11. The number of benzene rings is 1. The zero-order chi connectivity index (χ0) is 13.8. The third kappa shape index (κ3) is 3.93. The summed E-state index contributed by atoms with van der Waals surface area (Å²) in [5, 5.41) is 9.79. The van der Waals surface area contributed by atoms with Gasteiger partial charge in [0.05, 0.1) is 0 Å². The van der Waals surface area contributed by atoms with Gasteiger partial charge in [0, 0.05) is 12.6 Å². The predicted molar refractivity (Wildman–Crippen MR) is 67.3 cm³/mol. The van der Waals surface area contributed by atoms with Crippen LogP contribution in [0, 0.1) is 11.6 Å². The third-order valence-corrected chi connectivity index (χ3v) is 3.23. The van der Waals surface area contributed by atoms with Crippen molar-refractivity contribution in [3.05, 3.63) is 44.9 Å². The van der Waals surface area contributed by atoms with Crippen LogP contribution in [0.5, 0.6) is 0 Å². The molecule has 1 aromatic carbocycles. The monoisotopic (exact) mass is 303 g/mol. The smallest absolute Gasteiger partial charge is 0.282 e. The van der Waals surface area contributed by atoms with Crippen LogP contribution in [0.1, 0.15) is 15.4 Å². The van der Waals surface area contributed by atoms with Gasteiger partial charge in [-0.2, -0.15) is 0 Å². The number of amides is 1. The minimum atomic E-state index is -0.641. The normalized spacial score (nSPS) is 10.5. The van der Waals surface area contributed by atoms with E-state index in [0.29, 0.717) is 12.0 Å². The standard InChI is InChI=1S/C11H8ClF2N3OS/c12-11-17-16-10(19-11)9(18)15-2-1-6-3-7(13)5-8(14)4-6/h3-5H,1-2H2,(H,15,18). The highest BCUT2D eigenvalue weighted by Crippen LogP contribution is 2.14. The van der Waals surface area contributed by atoms with Crippen LogP contribution in [0.25, 0.3) is 0 Å². The van der Waals surface area contributed by atoms with Gasteiger partial charge in [0.25, 0.3) is 5.91 Å². The van der Waals surface area contributed by atoms with Crippen molar-refractivity contribution < 1.29 is 13.6 Å². The SMILES string of the molecule is O=C(NCCc1cc(F)cc(F)c1)c1nnc(Cl)s1. The number of carbonyl (C=O) groups excluding carboxylic acids is 1. The molecule has 0 aliphatic carbocycles. The molecule has 100 valence electrons. The first-order chi connectivity index (χ1) is 9.04. The number of nitrogens with one attached hydrogen (secondary N) is 1. The van der Waals surface area contributed by atoms with E-state index in [9.17, 15) is 13.6 Å². The molecule has 0 spiro atoms. The molecular formula is C11H8ClF2N3OS. The Balaban J connectivity index is 1.88. The van der Waals surface area contributed by atoms with Crippen molar-refractivity contribution in [3.63, 3.8) is 0 Å². The third-order valence-electron chi connectivity index (χ3n) is 2.22. The minimum Gasteiger partial charge on any atom is -0.350 e. The molecule has 2 rings (SSSR count). The second-order valence-electron chi connectivity index (χ2n) is 3.64. The Hall–Kier alpha value is -1.60. The maximum Gasteiger partial charge on any atom is 0.282 e. The average molecular weight is 304 g/mol. The molecule has 0 atom stereocenters. The Labute approximate surface area is 116 Å². The van der Waals surface area contributed by atoms with E-state index < -0.39 is 17.5 Å². The van der Waals surface area contributed by atoms with Gasteiger partial charge in [0.2, 0.25) is 9.47 Å². The van der Waals surface area contributed by atoms with Gasteiger partial charge in [-0.05, 0) is 35.7 Å². The number of hydrogen-bond donors (Lipinski definition) is 1. The molecular weight excluding hydrogens is 296 g/mol. The van der Waals surface area contributed by atoms with Gasteiger partial charge in [-0.3, -0.25) is 4.79 Å². The zero-order valence-electron chi connectivity index (χ0n) is 9.49. The summed E-state index contributed by atoms with van der Waals surface area (Å²) in [5.74, 6) is -1.70. The Kier molecular flexibility index (Phi) is 4.39. The predicted octanol–water partition coefficient (Wildman–Crippen LogP) is 2.44. The van der Waals surface area contributed by atoms with E-state index in [-0.39, 0.29) is 16.0 Å². The Morgan fingerprint density at radius 3 is 2.53 bits per heavy atom. The minimum absolute atomic E-state index is 0.149. The van der Waals surface area contributed by atoms with Crippen molar-refractivity contribution in [2.75, 3.05) is 6.54 Å². The molecule has 0 aliphatic rings. The number of carbonyl (C=O) groups is 1. The van der Waals surface area contributed by atoms with Crippen molar-refractivity contribution in [3.8, 4) is 0 Å². The second kappa shape index (κ2) is 6.03. The van der Waals surface area contributed by atoms with Crippen LogP contribution in [-0.4, -0.2) is 22.6 Å². The number of nitrogens with zero attached hydrogens (tertiary/aromatic N) is 2. The molecule has 0 saturated heterocycles. The van der Waals surface area contributed by atoms with E-state index in [4.69, 9.17) is 11.6 Å². The molecule has 0 radical (unpaired) electrons. The number of rotatable bonds is 4. The molecule has 19 heavy (non-hydrogen) atoms. The van der Waals surface area contributed by atoms with Crippen LogP contribution in [-0.2, 0) is 6.42 Å².